The highest BCUT2D eigenvalue weighted by Gasteiger charge is 2.17. The summed E-state index contributed by atoms with van der Waals surface area (Å²) in [5, 5.41) is 4.80. The normalized spacial score (nSPS) is 15.5. The van der Waals surface area contributed by atoms with Crippen LogP contribution in [0, 0.1) is 6.92 Å². The average Bonchev–Trinajstić information content (AvgIpc) is 2.76. The summed E-state index contributed by atoms with van der Waals surface area (Å²) in [4.78, 5) is 13.5. The summed E-state index contributed by atoms with van der Waals surface area (Å²) in [5.74, 6) is 8.67. The lowest BCUT2D eigenvalue weighted by Gasteiger charge is -2.24. The Balaban J connectivity index is 1.75. The zero-order chi connectivity index (χ0) is 22.4. The minimum atomic E-state index is 0.250. The first-order chi connectivity index (χ1) is 14.8. The predicted molar refractivity (Wildman–Crippen MR) is 124 cm³/mol. The lowest BCUT2D eigenvalue weighted by atomic mass is 9.98. The fourth-order valence-electron chi connectivity index (χ4n) is 3.67. The van der Waals surface area contributed by atoms with E-state index in [1.807, 2.05) is 25.1 Å². The van der Waals surface area contributed by atoms with E-state index in [4.69, 9.17) is 21.3 Å². The van der Waals surface area contributed by atoms with Crippen LogP contribution in [0.5, 0.6) is 5.75 Å². The molecule has 1 aliphatic rings. The molecule has 0 radical (unpaired) electrons. The van der Waals surface area contributed by atoms with Gasteiger partial charge in [0.25, 0.3) is 0 Å². The second kappa shape index (κ2) is 10.4. The SMILES string of the molecule is Cc1nc(/C(N)=C(\CNc2ccnc(C(C)C)n2)N(C)N)ccc1OC1CCCCC1. The van der Waals surface area contributed by atoms with Gasteiger partial charge >= 0.3 is 0 Å². The van der Waals surface area contributed by atoms with Crippen LogP contribution >= 0.6 is 0 Å². The summed E-state index contributed by atoms with van der Waals surface area (Å²) in [5.41, 5.74) is 9.21. The zero-order valence-electron chi connectivity index (χ0n) is 19.1. The fraction of sp³-hybridized carbons (Fsp3) is 0.522. The molecule has 8 nitrogen and oxygen atoms in total. The molecule has 1 saturated carbocycles. The summed E-state index contributed by atoms with van der Waals surface area (Å²) in [6.45, 7) is 6.49. The maximum Gasteiger partial charge on any atom is 0.140 e. The molecule has 5 N–H and O–H groups in total. The number of nitrogens with zero attached hydrogens (tertiary/aromatic N) is 4. The molecule has 0 saturated heterocycles. The highest BCUT2D eigenvalue weighted by Crippen LogP contribution is 2.26. The number of likely N-dealkylation sites (N-methyl/N-ethyl adjacent to an activating group) is 1. The van der Waals surface area contributed by atoms with Gasteiger partial charge in [-0.15, -0.1) is 0 Å². The molecule has 3 rings (SSSR count). The van der Waals surface area contributed by atoms with Crippen molar-refractivity contribution >= 4 is 11.5 Å². The molecular formula is C23H35N7O. The van der Waals surface area contributed by atoms with Crippen molar-refractivity contribution in [1.82, 2.24) is 20.0 Å². The van der Waals surface area contributed by atoms with E-state index < -0.39 is 0 Å². The molecule has 0 spiro atoms. The third kappa shape index (κ3) is 6.07. The first-order valence-electron chi connectivity index (χ1n) is 11.0. The van der Waals surface area contributed by atoms with Crippen LogP contribution in [-0.4, -0.2) is 39.7 Å². The molecule has 0 amide bonds. The lowest BCUT2D eigenvalue weighted by Crippen LogP contribution is -2.32. The number of rotatable bonds is 8. The maximum absolute atomic E-state index is 6.47. The summed E-state index contributed by atoms with van der Waals surface area (Å²) < 4.78 is 6.18. The van der Waals surface area contributed by atoms with Crippen LogP contribution in [-0.2, 0) is 0 Å². The first kappa shape index (κ1) is 22.8. The molecule has 0 atom stereocenters. The van der Waals surface area contributed by atoms with Gasteiger partial charge in [0.05, 0.1) is 35.4 Å². The van der Waals surface area contributed by atoms with Crippen molar-refractivity contribution in [1.29, 1.82) is 0 Å². The Morgan fingerprint density at radius 1 is 1.19 bits per heavy atom. The van der Waals surface area contributed by atoms with Gasteiger partial charge in [-0.1, -0.05) is 20.3 Å². The minimum absolute atomic E-state index is 0.250. The summed E-state index contributed by atoms with van der Waals surface area (Å²) in [7, 11) is 1.76. The monoisotopic (exact) mass is 425 g/mol. The van der Waals surface area contributed by atoms with Gasteiger partial charge in [0.1, 0.15) is 17.4 Å². The summed E-state index contributed by atoms with van der Waals surface area (Å²) in [6, 6.07) is 5.68. The third-order valence-corrected chi connectivity index (χ3v) is 5.52. The Labute approximate surface area is 185 Å². The second-order valence-corrected chi connectivity index (χ2v) is 8.44. The van der Waals surface area contributed by atoms with E-state index in [0.29, 0.717) is 17.9 Å². The van der Waals surface area contributed by atoms with E-state index in [1.165, 1.54) is 24.3 Å². The van der Waals surface area contributed by atoms with Crippen molar-refractivity contribution in [2.24, 2.45) is 11.6 Å². The molecule has 0 aromatic carbocycles. The third-order valence-electron chi connectivity index (χ3n) is 5.52. The van der Waals surface area contributed by atoms with Crippen molar-refractivity contribution in [3.8, 4) is 5.75 Å². The minimum Gasteiger partial charge on any atom is -0.489 e. The van der Waals surface area contributed by atoms with E-state index in [0.717, 1.165) is 41.6 Å². The number of pyridine rings is 1. The molecule has 0 bridgehead atoms. The highest BCUT2D eigenvalue weighted by atomic mass is 16.5. The van der Waals surface area contributed by atoms with E-state index in [-0.39, 0.29) is 12.0 Å². The van der Waals surface area contributed by atoms with Crippen LogP contribution in [0.3, 0.4) is 0 Å². The van der Waals surface area contributed by atoms with Crippen molar-refractivity contribution in [2.45, 2.75) is 64.9 Å². The molecule has 31 heavy (non-hydrogen) atoms. The van der Waals surface area contributed by atoms with Gasteiger partial charge in [-0.3, -0.25) is 0 Å². The van der Waals surface area contributed by atoms with E-state index in [9.17, 15) is 0 Å². The van der Waals surface area contributed by atoms with E-state index in [2.05, 4.69) is 29.1 Å². The van der Waals surface area contributed by atoms with Crippen molar-refractivity contribution in [2.75, 3.05) is 18.9 Å². The van der Waals surface area contributed by atoms with Gasteiger partial charge < -0.3 is 20.8 Å². The molecule has 0 unspecified atom stereocenters. The van der Waals surface area contributed by atoms with Crippen LogP contribution in [0.25, 0.3) is 5.70 Å². The molecule has 8 heteroatoms. The molecule has 2 aromatic rings. The van der Waals surface area contributed by atoms with Crippen LogP contribution < -0.4 is 21.6 Å². The van der Waals surface area contributed by atoms with Crippen LogP contribution in [0.4, 0.5) is 5.82 Å². The van der Waals surface area contributed by atoms with E-state index >= 15 is 0 Å². The topological polar surface area (TPSA) is 115 Å². The van der Waals surface area contributed by atoms with Gasteiger partial charge in [-0.05, 0) is 50.8 Å². The number of nitrogens with two attached hydrogens (primary N) is 2. The Morgan fingerprint density at radius 2 is 1.94 bits per heavy atom. The Bertz CT molecular complexity index is 905. The average molecular weight is 426 g/mol. The van der Waals surface area contributed by atoms with Crippen molar-refractivity contribution in [3.05, 3.63) is 47.3 Å². The summed E-state index contributed by atoms with van der Waals surface area (Å²) >= 11 is 0. The number of hydrazine groups is 1. The molecule has 1 fully saturated rings. The molecule has 2 heterocycles. The highest BCUT2D eigenvalue weighted by molar-refractivity contribution is 5.64. The molecule has 1 aliphatic carbocycles. The smallest absolute Gasteiger partial charge is 0.140 e. The van der Waals surface area contributed by atoms with Gasteiger partial charge in [0, 0.05) is 19.2 Å². The Kier molecular flexibility index (Phi) is 7.68. The molecular weight excluding hydrogens is 390 g/mol. The fourth-order valence-corrected chi connectivity index (χ4v) is 3.67. The predicted octanol–water partition coefficient (Wildman–Crippen LogP) is 3.56. The van der Waals surface area contributed by atoms with Gasteiger partial charge in [0.15, 0.2) is 0 Å². The molecule has 0 aliphatic heterocycles. The largest absolute Gasteiger partial charge is 0.489 e. The first-order valence-corrected chi connectivity index (χ1v) is 11.0. The quantitative estimate of drug-likeness (QED) is 0.434. The maximum atomic E-state index is 6.47. The standard InChI is InChI=1S/C23H35N7O/c1-15(2)23-26-13-12-21(29-23)27-14-19(30(4)25)22(24)18-10-11-20(16(3)28-18)31-17-8-6-5-7-9-17/h10-13,15,17H,5-9,14,24-25H2,1-4H3,(H,26,27,29)/b22-19-. The lowest BCUT2D eigenvalue weighted by molar-refractivity contribution is 0.153. The zero-order valence-corrected chi connectivity index (χ0v) is 19.1. The Morgan fingerprint density at radius 3 is 2.58 bits per heavy atom. The summed E-state index contributed by atoms with van der Waals surface area (Å²) in [6.07, 6.45) is 8.02. The number of hydrogen-bond donors (Lipinski definition) is 3. The van der Waals surface area contributed by atoms with Crippen LogP contribution in [0.15, 0.2) is 30.1 Å². The second-order valence-electron chi connectivity index (χ2n) is 8.44. The van der Waals surface area contributed by atoms with Crippen LogP contribution in [0.1, 0.15) is 69.1 Å². The van der Waals surface area contributed by atoms with Gasteiger partial charge in [-0.25, -0.2) is 20.8 Å². The van der Waals surface area contributed by atoms with Gasteiger partial charge in [0.2, 0.25) is 0 Å². The Hall–Kier alpha value is -2.87. The molecule has 2 aromatic heterocycles. The van der Waals surface area contributed by atoms with Gasteiger partial charge in [-0.2, -0.15) is 0 Å². The number of aromatic nitrogens is 3. The molecule has 168 valence electrons. The van der Waals surface area contributed by atoms with E-state index in [1.54, 1.807) is 13.2 Å². The van der Waals surface area contributed by atoms with Crippen molar-refractivity contribution in [3.63, 3.8) is 0 Å². The number of anilines is 1. The number of hydrogen-bond acceptors (Lipinski definition) is 8. The van der Waals surface area contributed by atoms with Crippen LogP contribution in [0.2, 0.25) is 0 Å². The number of aryl methyl sites for hydroxylation is 1. The number of nitrogens with one attached hydrogen (secondary N) is 1. The van der Waals surface area contributed by atoms with Crippen molar-refractivity contribution < 1.29 is 4.74 Å². The number of ether oxygens (including phenoxy) is 1.